The van der Waals surface area contributed by atoms with Crippen molar-refractivity contribution in [3.05, 3.63) is 82.4 Å². The van der Waals surface area contributed by atoms with Gasteiger partial charge in [-0.05, 0) is 91.8 Å². The number of piperidine rings is 3. The third-order valence-electron chi connectivity index (χ3n) is 8.32. The highest BCUT2D eigenvalue weighted by Crippen LogP contribution is 2.40. The van der Waals surface area contributed by atoms with Crippen LogP contribution in [0.15, 0.2) is 65.7 Å². The lowest BCUT2D eigenvalue weighted by Gasteiger charge is -2.48. The number of hydrogen-bond donors (Lipinski definition) is 1. The number of methoxy groups -OCH3 is 2. The molecule has 3 aliphatic rings. The fraction of sp³-hybridized carbons (Fsp3) is 0.394. The first-order valence-electron chi connectivity index (χ1n) is 14.2. The van der Waals surface area contributed by atoms with Crippen LogP contribution in [0.3, 0.4) is 0 Å². The van der Waals surface area contributed by atoms with Gasteiger partial charge < -0.3 is 29.2 Å². The molecule has 3 fully saturated rings. The van der Waals surface area contributed by atoms with Gasteiger partial charge >= 0.3 is 0 Å². The molecule has 0 aliphatic carbocycles. The van der Waals surface area contributed by atoms with Crippen molar-refractivity contribution in [2.45, 2.75) is 32.5 Å². The van der Waals surface area contributed by atoms with Gasteiger partial charge in [0.1, 0.15) is 30.4 Å². The van der Waals surface area contributed by atoms with E-state index in [0.29, 0.717) is 34.3 Å². The van der Waals surface area contributed by atoms with Crippen molar-refractivity contribution in [1.82, 2.24) is 10.2 Å². The van der Waals surface area contributed by atoms with Crippen LogP contribution >= 0.6 is 11.6 Å². The Bertz CT molecular complexity index is 1390. The average molecular weight is 592 g/mol. The number of amides is 1. The van der Waals surface area contributed by atoms with Crippen LogP contribution in [0.5, 0.6) is 23.0 Å². The van der Waals surface area contributed by atoms with Gasteiger partial charge in [0.05, 0.1) is 19.2 Å². The third kappa shape index (κ3) is 6.99. The van der Waals surface area contributed by atoms with E-state index in [0.717, 1.165) is 61.5 Å². The number of carbonyl (C=O) groups excluding carboxylic acids is 1. The number of hydrogen-bond acceptors (Lipinski definition) is 7. The molecule has 42 heavy (non-hydrogen) atoms. The molecule has 0 spiro atoms. The predicted molar refractivity (Wildman–Crippen MR) is 164 cm³/mol. The summed E-state index contributed by atoms with van der Waals surface area (Å²) >= 11 is 6.79. The van der Waals surface area contributed by atoms with E-state index in [1.807, 2.05) is 48.5 Å². The van der Waals surface area contributed by atoms with Crippen molar-refractivity contribution in [2.24, 2.45) is 10.4 Å². The molecule has 3 aromatic rings. The summed E-state index contributed by atoms with van der Waals surface area (Å²) in [5, 5.41) is 3.50. The minimum Gasteiger partial charge on any atom is -0.497 e. The van der Waals surface area contributed by atoms with Gasteiger partial charge in [-0.15, -0.1) is 0 Å². The van der Waals surface area contributed by atoms with E-state index in [1.54, 1.807) is 33.4 Å². The Hall–Kier alpha value is -3.75. The molecule has 3 heterocycles. The lowest BCUT2D eigenvalue weighted by molar-refractivity contribution is -0.115. The minimum atomic E-state index is -0.219. The molecule has 0 unspecified atom stereocenters. The Kier molecular flexibility index (Phi) is 9.55. The maximum absolute atomic E-state index is 13.4. The number of ether oxygens (including phenoxy) is 4. The predicted octanol–water partition coefficient (Wildman–Crippen LogP) is 5.54. The first-order valence-corrected chi connectivity index (χ1v) is 14.6. The van der Waals surface area contributed by atoms with Gasteiger partial charge in [-0.2, -0.15) is 0 Å². The maximum Gasteiger partial charge on any atom is 0.270 e. The number of halogens is 1. The van der Waals surface area contributed by atoms with E-state index in [2.05, 4.69) is 15.2 Å². The lowest BCUT2D eigenvalue weighted by atomic mass is 9.72. The van der Waals surface area contributed by atoms with Crippen LogP contribution in [0.4, 0.5) is 0 Å². The highest BCUT2D eigenvalue weighted by atomic mass is 35.5. The fourth-order valence-corrected chi connectivity index (χ4v) is 5.85. The Morgan fingerprint density at radius 1 is 0.881 bits per heavy atom. The molecule has 1 N–H and O–H groups in total. The molecule has 9 heteroatoms. The van der Waals surface area contributed by atoms with Crippen LogP contribution in [0, 0.1) is 5.41 Å². The van der Waals surface area contributed by atoms with Crippen molar-refractivity contribution in [2.75, 3.05) is 47.4 Å². The Morgan fingerprint density at radius 2 is 1.43 bits per heavy atom. The van der Waals surface area contributed by atoms with Gasteiger partial charge in [0.2, 0.25) is 0 Å². The Morgan fingerprint density at radius 3 is 1.95 bits per heavy atom. The SMILES string of the molecule is C/N=C(\C(=O)NCC12CCN(CC1)CC2)c1cc(Cl)c(OCc2ccc(OC)cc2)c(OCc2ccc(OC)cc2)c1. The average Bonchev–Trinajstić information content (AvgIpc) is 3.04. The summed E-state index contributed by atoms with van der Waals surface area (Å²) in [6.45, 7) is 4.51. The summed E-state index contributed by atoms with van der Waals surface area (Å²) in [7, 11) is 4.88. The molecule has 0 aromatic heterocycles. The Labute approximate surface area is 252 Å². The molecule has 8 nitrogen and oxygen atoms in total. The van der Waals surface area contributed by atoms with Crippen molar-refractivity contribution in [3.63, 3.8) is 0 Å². The van der Waals surface area contributed by atoms with Crippen LogP contribution in [-0.2, 0) is 18.0 Å². The lowest BCUT2D eigenvalue weighted by Crippen LogP contribution is -2.53. The molecule has 222 valence electrons. The number of nitrogens with one attached hydrogen (secondary N) is 1. The van der Waals surface area contributed by atoms with Gasteiger partial charge in [-0.25, -0.2) is 0 Å². The van der Waals surface area contributed by atoms with Crippen LogP contribution in [0.25, 0.3) is 0 Å². The molecule has 2 bridgehead atoms. The molecule has 3 aromatic carbocycles. The molecular formula is C33H38ClN3O5. The zero-order valence-corrected chi connectivity index (χ0v) is 25.2. The minimum absolute atomic E-state index is 0.173. The van der Waals surface area contributed by atoms with E-state index in [4.69, 9.17) is 30.5 Å². The normalized spacial score (nSPS) is 19.7. The van der Waals surface area contributed by atoms with E-state index >= 15 is 0 Å². The molecule has 3 saturated heterocycles. The molecule has 0 radical (unpaired) electrons. The summed E-state index contributed by atoms with van der Waals surface area (Å²) < 4.78 is 22.9. The molecule has 1 amide bonds. The molecule has 3 aliphatic heterocycles. The van der Waals surface area contributed by atoms with E-state index in [1.165, 1.54) is 0 Å². The summed E-state index contributed by atoms with van der Waals surface area (Å²) in [6, 6.07) is 18.7. The summed E-state index contributed by atoms with van der Waals surface area (Å²) in [6.07, 6.45) is 3.34. The van der Waals surface area contributed by atoms with Crippen LogP contribution in [-0.4, -0.2) is 64.0 Å². The number of carbonyl (C=O) groups is 1. The number of nitrogens with zero attached hydrogens (tertiary/aromatic N) is 2. The fourth-order valence-electron chi connectivity index (χ4n) is 5.59. The molecule has 6 rings (SSSR count). The standard InChI is InChI=1S/C33H38ClN3O5/c1-35-30(32(38)36-22-33-12-15-37(16-13-33)17-14-33)25-18-28(34)31(42-21-24-6-10-27(40-3)11-7-24)29(19-25)41-20-23-4-8-26(39-2)9-5-23/h4-11,18-19H,12-17,20-22H2,1-3H3,(H,36,38)/b35-30-. The Balaban J connectivity index is 1.36. The van der Waals surface area contributed by atoms with Crippen molar-refractivity contribution in [3.8, 4) is 23.0 Å². The van der Waals surface area contributed by atoms with Crippen molar-refractivity contribution in [1.29, 1.82) is 0 Å². The summed E-state index contributed by atoms with van der Waals surface area (Å²) in [5.74, 6) is 2.13. The zero-order chi connectivity index (χ0) is 29.5. The van der Waals surface area contributed by atoms with Gasteiger partial charge in [0.25, 0.3) is 5.91 Å². The highest BCUT2D eigenvalue weighted by molar-refractivity contribution is 6.46. The number of fused-ring (bicyclic) bond motifs is 3. The van der Waals surface area contributed by atoms with Crippen molar-refractivity contribution < 1.29 is 23.7 Å². The van der Waals surface area contributed by atoms with Gasteiger partial charge in [0, 0.05) is 19.2 Å². The van der Waals surface area contributed by atoms with Crippen LogP contribution in [0.1, 0.15) is 36.0 Å². The zero-order valence-electron chi connectivity index (χ0n) is 24.5. The first-order chi connectivity index (χ1) is 20.4. The number of benzene rings is 3. The van der Waals surface area contributed by atoms with Gasteiger partial charge in [0.15, 0.2) is 11.5 Å². The quantitative estimate of drug-likeness (QED) is 0.279. The molecular weight excluding hydrogens is 554 g/mol. The smallest absolute Gasteiger partial charge is 0.270 e. The maximum atomic E-state index is 13.4. The van der Waals surface area contributed by atoms with E-state index in [9.17, 15) is 4.79 Å². The largest absolute Gasteiger partial charge is 0.497 e. The second-order valence-electron chi connectivity index (χ2n) is 10.9. The second kappa shape index (κ2) is 13.5. The van der Waals surface area contributed by atoms with Crippen LogP contribution < -0.4 is 24.3 Å². The first kappa shape index (κ1) is 29.7. The van der Waals surface area contributed by atoms with Gasteiger partial charge in [-0.3, -0.25) is 9.79 Å². The number of rotatable bonds is 12. The summed E-state index contributed by atoms with van der Waals surface area (Å²) in [5.41, 5.74) is 2.93. The molecule has 0 saturated carbocycles. The second-order valence-corrected chi connectivity index (χ2v) is 11.3. The van der Waals surface area contributed by atoms with Gasteiger partial charge in [-0.1, -0.05) is 35.9 Å². The third-order valence-corrected chi connectivity index (χ3v) is 8.60. The van der Waals surface area contributed by atoms with E-state index < -0.39 is 0 Å². The topological polar surface area (TPSA) is 81.6 Å². The monoisotopic (exact) mass is 591 g/mol. The number of aliphatic imine (C=N–C) groups is 1. The van der Waals surface area contributed by atoms with E-state index in [-0.39, 0.29) is 24.5 Å². The molecule has 0 atom stereocenters. The van der Waals surface area contributed by atoms with Crippen LogP contribution in [0.2, 0.25) is 5.02 Å². The van der Waals surface area contributed by atoms with Crippen molar-refractivity contribution >= 4 is 23.2 Å². The highest BCUT2D eigenvalue weighted by Gasteiger charge is 2.39. The summed E-state index contributed by atoms with van der Waals surface area (Å²) in [4.78, 5) is 20.3.